The quantitative estimate of drug-likeness (QED) is 0.705. The van der Waals surface area contributed by atoms with Gasteiger partial charge in [-0.25, -0.2) is 9.50 Å². The molecule has 1 aliphatic heterocycles. The van der Waals surface area contributed by atoms with Gasteiger partial charge < -0.3 is 15.0 Å². The summed E-state index contributed by atoms with van der Waals surface area (Å²) in [6.07, 6.45) is 1.85. The molecule has 4 rings (SSSR count). The number of hydrogen-bond acceptors (Lipinski definition) is 6. The molecule has 0 fully saturated rings. The number of aromatic nitrogens is 3. The summed E-state index contributed by atoms with van der Waals surface area (Å²) >= 11 is 0. The molecule has 3 aromatic rings. The van der Waals surface area contributed by atoms with E-state index in [2.05, 4.69) is 15.4 Å². The molecule has 2 amide bonds. The van der Waals surface area contributed by atoms with E-state index in [0.29, 0.717) is 17.8 Å². The molecule has 148 valence electrons. The number of ketones is 1. The first-order chi connectivity index (χ1) is 13.9. The third kappa shape index (κ3) is 3.66. The van der Waals surface area contributed by atoms with Crippen LogP contribution in [0, 0.1) is 0 Å². The van der Waals surface area contributed by atoms with Crippen LogP contribution in [0.1, 0.15) is 32.1 Å². The molecule has 0 bridgehead atoms. The van der Waals surface area contributed by atoms with Crippen molar-refractivity contribution in [2.45, 2.75) is 13.0 Å². The molecule has 0 saturated carbocycles. The van der Waals surface area contributed by atoms with Gasteiger partial charge in [-0.15, -0.1) is 0 Å². The van der Waals surface area contributed by atoms with E-state index < -0.39 is 5.91 Å². The molecule has 29 heavy (non-hydrogen) atoms. The lowest BCUT2D eigenvalue weighted by molar-refractivity contribution is -0.121. The zero-order valence-corrected chi connectivity index (χ0v) is 16.0. The number of carbonyl (C=O) groups excluding carboxylic acids is 3. The van der Waals surface area contributed by atoms with Gasteiger partial charge in [-0.3, -0.25) is 14.4 Å². The predicted molar refractivity (Wildman–Crippen MR) is 103 cm³/mol. The average molecular weight is 393 g/mol. The molecule has 0 atom stereocenters. The van der Waals surface area contributed by atoms with E-state index in [0.717, 1.165) is 11.1 Å². The topological polar surface area (TPSA) is 106 Å². The number of nitrogens with zero attached hydrogens (tertiary/aromatic N) is 4. The van der Waals surface area contributed by atoms with Crippen LogP contribution in [-0.4, -0.2) is 57.8 Å². The molecule has 1 aliphatic rings. The first-order valence-corrected chi connectivity index (χ1v) is 9.03. The second-order valence-corrected chi connectivity index (χ2v) is 6.96. The van der Waals surface area contributed by atoms with Gasteiger partial charge in [-0.05, 0) is 17.7 Å². The third-order valence-corrected chi connectivity index (χ3v) is 4.57. The first-order valence-electron chi connectivity index (χ1n) is 9.03. The Morgan fingerprint density at radius 1 is 1.24 bits per heavy atom. The van der Waals surface area contributed by atoms with Crippen molar-refractivity contribution in [3.8, 4) is 5.75 Å². The highest BCUT2D eigenvalue weighted by atomic mass is 16.5. The average Bonchev–Trinajstić information content (AvgIpc) is 3.19. The minimum Gasteiger partial charge on any atom is -0.486 e. The molecule has 3 heterocycles. The number of benzene rings is 1. The summed E-state index contributed by atoms with van der Waals surface area (Å²) in [4.78, 5) is 42.4. The van der Waals surface area contributed by atoms with Crippen LogP contribution in [0.5, 0.6) is 5.75 Å². The first kappa shape index (κ1) is 18.6. The van der Waals surface area contributed by atoms with Crippen LogP contribution in [0.25, 0.3) is 5.65 Å². The Bertz CT molecular complexity index is 1140. The monoisotopic (exact) mass is 393 g/mol. The van der Waals surface area contributed by atoms with Crippen LogP contribution in [0.15, 0.2) is 36.5 Å². The molecule has 0 unspecified atom stereocenters. The van der Waals surface area contributed by atoms with E-state index in [1.807, 2.05) is 12.1 Å². The number of amides is 2. The number of hydrogen-bond donors (Lipinski definition) is 1. The number of carbonyl (C=O) groups is 3. The number of ether oxygens (including phenoxy) is 1. The summed E-state index contributed by atoms with van der Waals surface area (Å²) < 4.78 is 6.79. The summed E-state index contributed by atoms with van der Waals surface area (Å²) in [7, 11) is 3.25. The Kier molecular flexibility index (Phi) is 4.71. The summed E-state index contributed by atoms with van der Waals surface area (Å²) in [5, 5.41) is 6.90. The van der Waals surface area contributed by atoms with E-state index in [-0.39, 0.29) is 36.2 Å². The van der Waals surface area contributed by atoms with Gasteiger partial charge in [-0.1, -0.05) is 6.07 Å². The van der Waals surface area contributed by atoms with Gasteiger partial charge in [0.25, 0.3) is 11.8 Å². The highest BCUT2D eigenvalue weighted by molar-refractivity contribution is 5.98. The predicted octanol–water partition coefficient (Wildman–Crippen LogP) is 0.865. The zero-order valence-electron chi connectivity index (χ0n) is 16.0. The van der Waals surface area contributed by atoms with Crippen molar-refractivity contribution in [1.29, 1.82) is 0 Å². The summed E-state index contributed by atoms with van der Waals surface area (Å²) in [6.45, 7) is 0.350. The smallest absolute Gasteiger partial charge is 0.272 e. The minimum absolute atomic E-state index is 0.0232. The Morgan fingerprint density at radius 3 is 2.86 bits per heavy atom. The fourth-order valence-electron chi connectivity index (χ4n) is 3.13. The van der Waals surface area contributed by atoms with Crippen molar-refractivity contribution < 1.29 is 19.1 Å². The molecular formula is C20H19N5O4. The Labute approximate surface area is 166 Å². The summed E-state index contributed by atoms with van der Waals surface area (Å²) in [5.74, 6) is 0.0236. The lowest BCUT2D eigenvalue weighted by Crippen LogP contribution is -2.28. The Morgan fingerprint density at radius 2 is 2.07 bits per heavy atom. The van der Waals surface area contributed by atoms with Crippen LogP contribution < -0.4 is 10.1 Å². The molecule has 1 N–H and O–H groups in total. The van der Waals surface area contributed by atoms with E-state index in [9.17, 15) is 14.4 Å². The Balaban J connectivity index is 1.55. The second kappa shape index (κ2) is 7.34. The molecule has 2 aromatic heterocycles. The largest absolute Gasteiger partial charge is 0.486 e. The SMILES string of the molecule is CN(C)C(=O)c1cc(C(=O)NCc2ccc3c(c2)CC(=O)CO3)nc2ccnn12. The molecule has 0 aliphatic carbocycles. The van der Waals surface area contributed by atoms with E-state index in [1.165, 1.54) is 21.7 Å². The zero-order chi connectivity index (χ0) is 20.5. The van der Waals surface area contributed by atoms with Gasteiger partial charge in [0, 0.05) is 44.8 Å². The van der Waals surface area contributed by atoms with Crippen molar-refractivity contribution in [1.82, 2.24) is 24.8 Å². The molecule has 0 spiro atoms. The van der Waals surface area contributed by atoms with Gasteiger partial charge >= 0.3 is 0 Å². The molecule has 9 heteroatoms. The fraction of sp³-hybridized carbons (Fsp3) is 0.250. The third-order valence-electron chi connectivity index (χ3n) is 4.57. The molecular weight excluding hydrogens is 374 g/mol. The normalized spacial score (nSPS) is 13.0. The van der Waals surface area contributed by atoms with E-state index >= 15 is 0 Å². The number of rotatable bonds is 4. The van der Waals surface area contributed by atoms with Crippen molar-refractivity contribution in [3.63, 3.8) is 0 Å². The summed E-state index contributed by atoms with van der Waals surface area (Å²) in [5.41, 5.74) is 2.43. The Hall–Kier alpha value is -3.75. The van der Waals surface area contributed by atoms with Crippen molar-refractivity contribution >= 4 is 23.2 Å². The second-order valence-electron chi connectivity index (χ2n) is 6.96. The van der Waals surface area contributed by atoms with Crippen LogP contribution in [-0.2, 0) is 17.8 Å². The van der Waals surface area contributed by atoms with Crippen molar-refractivity contribution in [2.24, 2.45) is 0 Å². The molecule has 1 aromatic carbocycles. The van der Waals surface area contributed by atoms with Crippen LogP contribution >= 0.6 is 0 Å². The van der Waals surface area contributed by atoms with Crippen LogP contribution in [0.2, 0.25) is 0 Å². The molecule has 0 radical (unpaired) electrons. The maximum atomic E-state index is 12.7. The van der Waals surface area contributed by atoms with Gasteiger partial charge in [-0.2, -0.15) is 5.10 Å². The van der Waals surface area contributed by atoms with Crippen LogP contribution in [0.4, 0.5) is 0 Å². The fourth-order valence-corrected chi connectivity index (χ4v) is 3.13. The number of Topliss-reactive ketones (excluding diaryl/α,β-unsaturated/α-hetero) is 1. The lowest BCUT2D eigenvalue weighted by Gasteiger charge is -2.17. The highest BCUT2D eigenvalue weighted by Crippen LogP contribution is 2.24. The maximum absolute atomic E-state index is 12.7. The number of fused-ring (bicyclic) bond motifs is 2. The van der Waals surface area contributed by atoms with Gasteiger partial charge in [0.15, 0.2) is 11.4 Å². The van der Waals surface area contributed by atoms with E-state index in [1.54, 1.807) is 26.2 Å². The summed E-state index contributed by atoms with van der Waals surface area (Å²) in [6, 6.07) is 8.54. The maximum Gasteiger partial charge on any atom is 0.272 e. The number of nitrogens with one attached hydrogen (secondary N) is 1. The van der Waals surface area contributed by atoms with Gasteiger partial charge in [0.1, 0.15) is 23.7 Å². The van der Waals surface area contributed by atoms with Gasteiger partial charge in [0.2, 0.25) is 0 Å². The molecule has 9 nitrogen and oxygen atoms in total. The molecule has 0 saturated heterocycles. The highest BCUT2D eigenvalue weighted by Gasteiger charge is 2.20. The van der Waals surface area contributed by atoms with Gasteiger partial charge in [0.05, 0.1) is 6.20 Å². The van der Waals surface area contributed by atoms with Crippen LogP contribution in [0.3, 0.4) is 0 Å². The lowest BCUT2D eigenvalue weighted by atomic mass is 10.0. The standard InChI is InChI=1S/C20H19N5O4/c1-24(2)20(28)16-9-15(23-18-5-6-22-25(16)18)19(27)21-10-12-3-4-17-13(7-12)8-14(26)11-29-17/h3-7,9H,8,10-11H2,1-2H3,(H,21,27). The minimum atomic E-state index is -0.411. The van der Waals surface area contributed by atoms with E-state index in [4.69, 9.17) is 4.74 Å². The van der Waals surface area contributed by atoms with Crippen molar-refractivity contribution in [2.75, 3.05) is 20.7 Å². The van der Waals surface area contributed by atoms with Crippen molar-refractivity contribution in [3.05, 3.63) is 59.0 Å².